The van der Waals surface area contributed by atoms with Crippen LogP contribution >= 0.6 is 0 Å². The van der Waals surface area contributed by atoms with Crippen LogP contribution in [0.3, 0.4) is 0 Å². The largest absolute Gasteiger partial charge is 0.452 e. The minimum atomic E-state index is -0.790. The molecule has 2 N–H and O–H groups in total. The van der Waals surface area contributed by atoms with E-state index < -0.39 is 24.3 Å². The Bertz CT molecular complexity index is 893. The molecule has 7 heteroatoms. The fraction of sp³-hybridized carbons (Fsp3) is 0.250. The summed E-state index contributed by atoms with van der Waals surface area (Å²) in [6.45, 7) is 1.06. The van der Waals surface area contributed by atoms with E-state index in [0.717, 1.165) is 18.9 Å². The zero-order chi connectivity index (χ0) is 19.4. The van der Waals surface area contributed by atoms with Crippen LogP contribution in [0, 0.1) is 12.7 Å². The summed E-state index contributed by atoms with van der Waals surface area (Å²) in [4.78, 5) is 35.9. The molecule has 2 aromatic carbocycles. The molecule has 2 amide bonds. The van der Waals surface area contributed by atoms with Gasteiger partial charge in [0.25, 0.3) is 11.8 Å². The predicted octanol–water partition coefficient (Wildman–Crippen LogP) is 2.82. The van der Waals surface area contributed by atoms with Gasteiger partial charge in [-0.1, -0.05) is 12.1 Å². The van der Waals surface area contributed by atoms with Crippen LogP contribution in [0.1, 0.15) is 39.1 Å². The van der Waals surface area contributed by atoms with E-state index in [4.69, 9.17) is 4.74 Å². The molecule has 3 rings (SSSR count). The molecule has 0 bridgehead atoms. The molecular weight excluding hydrogens is 351 g/mol. The number of rotatable bonds is 6. The van der Waals surface area contributed by atoms with Crippen molar-refractivity contribution in [1.29, 1.82) is 0 Å². The van der Waals surface area contributed by atoms with Crippen LogP contribution in [0.15, 0.2) is 42.5 Å². The highest BCUT2D eigenvalue weighted by atomic mass is 19.1. The second-order valence-electron chi connectivity index (χ2n) is 6.42. The van der Waals surface area contributed by atoms with Gasteiger partial charge in [-0.25, -0.2) is 9.18 Å². The van der Waals surface area contributed by atoms with Crippen molar-refractivity contribution in [3.05, 3.63) is 65.0 Å². The number of amides is 2. The number of esters is 1. The van der Waals surface area contributed by atoms with Gasteiger partial charge < -0.3 is 15.4 Å². The third kappa shape index (κ3) is 5.13. The van der Waals surface area contributed by atoms with Gasteiger partial charge in [-0.15, -0.1) is 0 Å². The molecule has 0 spiro atoms. The second-order valence-corrected chi connectivity index (χ2v) is 6.42. The lowest BCUT2D eigenvalue weighted by Gasteiger charge is -2.09. The van der Waals surface area contributed by atoms with E-state index in [2.05, 4.69) is 10.6 Å². The number of aryl methyl sites for hydroxylation is 1. The first-order valence-corrected chi connectivity index (χ1v) is 8.56. The summed E-state index contributed by atoms with van der Waals surface area (Å²) in [6, 6.07) is 10.7. The van der Waals surface area contributed by atoms with Crippen molar-refractivity contribution in [2.24, 2.45) is 0 Å². The zero-order valence-corrected chi connectivity index (χ0v) is 14.8. The fourth-order valence-corrected chi connectivity index (χ4v) is 2.37. The van der Waals surface area contributed by atoms with Crippen LogP contribution < -0.4 is 10.6 Å². The smallest absolute Gasteiger partial charge is 0.338 e. The summed E-state index contributed by atoms with van der Waals surface area (Å²) in [5.74, 6) is -2.06. The molecule has 1 fully saturated rings. The highest BCUT2D eigenvalue weighted by Crippen LogP contribution is 2.20. The zero-order valence-electron chi connectivity index (χ0n) is 14.8. The van der Waals surface area contributed by atoms with Gasteiger partial charge in [0.2, 0.25) is 0 Å². The molecule has 2 aromatic rings. The average Bonchev–Trinajstić information content (AvgIpc) is 3.46. The van der Waals surface area contributed by atoms with Gasteiger partial charge in [0.15, 0.2) is 6.61 Å². The van der Waals surface area contributed by atoms with Crippen molar-refractivity contribution in [3.8, 4) is 0 Å². The predicted molar refractivity (Wildman–Crippen MR) is 97.0 cm³/mol. The number of carbonyl (C=O) groups is 3. The first-order valence-electron chi connectivity index (χ1n) is 8.56. The number of carbonyl (C=O) groups excluding carboxylic acids is 3. The van der Waals surface area contributed by atoms with Crippen molar-refractivity contribution in [3.63, 3.8) is 0 Å². The van der Waals surface area contributed by atoms with Crippen LogP contribution in [-0.2, 0) is 9.53 Å². The molecule has 0 aromatic heterocycles. The molecule has 0 saturated heterocycles. The summed E-state index contributed by atoms with van der Waals surface area (Å²) in [7, 11) is 0. The molecule has 1 aliphatic rings. The number of ether oxygens (including phenoxy) is 1. The molecule has 140 valence electrons. The minimum Gasteiger partial charge on any atom is -0.452 e. The maximum absolute atomic E-state index is 13.5. The first kappa shape index (κ1) is 18.6. The molecule has 0 unspecified atom stereocenters. The second kappa shape index (κ2) is 7.99. The number of hydrogen-bond acceptors (Lipinski definition) is 4. The van der Waals surface area contributed by atoms with Gasteiger partial charge in [0.1, 0.15) is 5.82 Å². The highest BCUT2D eigenvalue weighted by molar-refractivity contribution is 5.98. The third-order valence-corrected chi connectivity index (χ3v) is 4.06. The van der Waals surface area contributed by atoms with E-state index in [0.29, 0.717) is 16.8 Å². The van der Waals surface area contributed by atoms with Crippen molar-refractivity contribution < 1.29 is 23.5 Å². The molecule has 0 heterocycles. The van der Waals surface area contributed by atoms with Crippen LogP contribution in [0.4, 0.5) is 10.1 Å². The van der Waals surface area contributed by atoms with Gasteiger partial charge in [0, 0.05) is 17.3 Å². The normalized spacial score (nSPS) is 13.0. The maximum Gasteiger partial charge on any atom is 0.338 e. The number of benzene rings is 2. The van der Waals surface area contributed by atoms with Crippen molar-refractivity contribution >= 4 is 23.5 Å². The van der Waals surface area contributed by atoms with Crippen LogP contribution in [-0.4, -0.2) is 30.4 Å². The van der Waals surface area contributed by atoms with E-state index >= 15 is 0 Å². The van der Waals surface area contributed by atoms with Gasteiger partial charge in [-0.3, -0.25) is 9.59 Å². The Morgan fingerprint density at radius 2 is 1.89 bits per heavy atom. The van der Waals surface area contributed by atoms with Gasteiger partial charge >= 0.3 is 5.97 Å². The van der Waals surface area contributed by atoms with Crippen molar-refractivity contribution in [2.45, 2.75) is 25.8 Å². The number of hydrogen-bond donors (Lipinski definition) is 2. The van der Waals surface area contributed by atoms with Crippen molar-refractivity contribution in [2.75, 3.05) is 11.9 Å². The van der Waals surface area contributed by atoms with Gasteiger partial charge in [-0.05, 0) is 55.7 Å². The molecule has 6 nitrogen and oxygen atoms in total. The Hall–Kier alpha value is -3.22. The summed E-state index contributed by atoms with van der Waals surface area (Å²) in [5.41, 5.74) is 1.30. The quantitative estimate of drug-likeness (QED) is 0.766. The lowest BCUT2D eigenvalue weighted by Crippen LogP contribution is -2.25. The van der Waals surface area contributed by atoms with Crippen LogP contribution in [0.25, 0.3) is 0 Å². The maximum atomic E-state index is 13.5. The summed E-state index contributed by atoms with van der Waals surface area (Å²) in [5, 5.41) is 5.43. The Kier molecular flexibility index (Phi) is 5.49. The molecular formula is C20H19FN2O4. The van der Waals surface area contributed by atoms with E-state index in [9.17, 15) is 18.8 Å². The van der Waals surface area contributed by atoms with Gasteiger partial charge in [0.05, 0.1) is 5.56 Å². The SMILES string of the molecule is Cc1ccc(C(=O)OCC(=O)Nc2cccc(C(=O)NC3CC3)c2)cc1F. The number of anilines is 1. The topological polar surface area (TPSA) is 84.5 Å². The summed E-state index contributed by atoms with van der Waals surface area (Å²) in [6.07, 6.45) is 1.97. The van der Waals surface area contributed by atoms with E-state index in [1.807, 2.05) is 0 Å². The molecule has 1 aliphatic carbocycles. The lowest BCUT2D eigenvalue weighted by atomic mass is 10.1. The Labute approximate surface area is 155 Å². The first-order chi connectivity index (χ1) is 12.9. The standard InChI is InChI=1S/C20H19FN2O4/c1-12-5-6-14(10-17(12)21)20(26)27-11-18(24)22-16-4-2-3-13(9-16)19(25)23-15-7-8-15/h2-6,9-10,15H,7-8,11H2,1H3,(H,22,24)(H,23,25). The van der Waals surface area contributed by atoms with Gasteiger partial charge in [-0.2, -0.15) is 0 Å². The molecule has 0 radical (unpaired) electrons. The van der Waals surface area contributed by atoms with Crippen LogP contribution in [0.5, 0.6) is 0 Å². The molecule has 27 heavy (non-hydrogen) atoms. The highest BCUT2D eigenvalue weighted by Gasteiger charge is 2.23. The van der Waals surface area contributed by atoms with E-state index in [1.165, 1.54) is 12.1 Å². The lowest BCUT2D eigenvalue weighted by molar-refractivity contribution is -0.119. The molecule has 0 atom stereocenters. The Balaban J connectivity index is 1.53. The molecule has 1 saturated carbocycles. The van der Waals surface area contributed by atoms with Crippen molar-refractivity contribution in [1.82, 2.24) is 5.32 Å². The minimum absolute atomic E-state index is 0.0321. The third-order valence-electron chi connectivity index (χ3n) is 4.06. The summed E-state index contributed by atoms with van der Waals surface area (Å²) >= 11 is 0. The average molecular weight is 370 g/mol. The Morgan fingerprint density at radius 1 is 1.11 bits per heavy atom. The summed E-state index contributed by atoms with van der Waals surface area (Å²) < 4.78 is 18.4. The molecule has 0 aliphatic heterocycles. The van der Waals surface area contributed by atoms with E-state index in [1.54, 1.807) is 31.2 Å². The van der Waals surface area contributed by atoms with Crippen LogP contribution in [0.2, 0.25) is 0 Å². The number of halogens is 1. The Morgan fingerprint density at radius 3 is 2.59 bits per heavy atom. The number of nitrogens with one attached hydrogen (secondary N) is 2. The van der Waals surface area contributed by atoms with E-state index in [-0.39, 0.29) is 17.5 Å². The monoisotopic (exact) mass is 370 g/mol. The fourth-order valence-electron chi connectivity index (χ4n) is 2.37.